The van der Waals surface area contributed by atoms with Gasteiger partial charge < -0.3 is 9.47 Å². The number of benzene rings is 1. The molecular formula is C13H14INO4. The van der Waals surface area contributed by atoms with Gasteiger partial charge in [0, 0.05) is 6.54 Å². The number of rotatable bonds is 3. The van der Waals surface area contributed by atoms with E-state index in [2.05, 4.69) is 0 Å². The molecule has 0 N–H and O–H groups in total. The van der Waals surface area contributed by atoms with Gasteiger partial charge in [0.1, 0.15) is 16.4 Å². The van der Waals surface area contributed by atoms with Crippen LogP contribution in [0.3, 0.4) is 0 Å². The van der Waals surface area contributed by atoms with Crippen LogP contribution < -0.4 is 4.74 Å². The molecule has 1 aliphatic heterocycles. The standard InChI is InChI=1S/C13H14INO4/c14-9-18-13(17)15-8-4-7-11(15)12(16)19-10-5-2-1-3-6-10/h1-3,5-6,11H,4,7-9H2. The Balaban J connectivity index is 2.00. The average molecular weight is 375 g/mol. The van der Waals surface area contributed by atoms with Crippen molar-refractivity contribution in [2.24, 2.45) is 0 Å². The highest BCUT2D eigenvalue weighted by Crippen LogP contribution is 2.21. The van der Waals surface area contributed by atoms with Crippen LogP contribution in [-0.2, 0) is 9.53 Å². The van der Waals surface area contributed by atoms with Gasteiger partial charge >= 0.3 is 12.1 Å². The van der Waals surface area contributed by atoms with Crippen LogP contribution in [0.15, 0.2) is 30.3 Å². The number of alkyl halides is 1. The first-order chi connectivity index (χ1) is 9.22. The second-order valence-corrected chi connectivity index (χ2v) is 4.73. The zero-order valence-corrected chi connectivity index (χ0v) is 12.4. The molecule has 1 atom stereocenters. The van der Waals surface area contributed by atoms with Gasteiger partial charge in [0.25, 0.3) is 0 Å². The monoisotopic (exact) mass is 375 g/mol. The molecule has 1 unspecified atom stereocenters. The minimum atomic E-state index is -0.546. The third kappa shape index (κ3) is 3.59. The van der Waals surface area contributed by atoms with E-state index < -0.39 is 18.1 Å². The van der Waals surface area contributed by atoms with Gasteiger partial charge in [-0.2, -0.15) is 0 Å². The number of halogens is 1. The van der Waals surface area contributed by atoms with Crippen LogP contribution in [0.5, 0.6) is 5.75 Å². The molecule has 102 valence electrons. The molecule has 1 fully saturated rings. The van der Waals surface area contributed by atoms with Crippen LogP contribution in [0.25, 0.3) is 0 Å². The molecule has 1 aromatic carbocycles. The maximum atomic E-state index is 12.1. The van der Waals surface area contributed by atoms with E-state index in [-0.39, 0.29) is 4.61 Å². The quantitative estimate of drug-likeness (QED) is 0.353. The van der Waals surface area contributed by atoms with E-state index in [4.69, 9.17) is 9.47 Å². The lowest BCUT2D eigenvalue weighted by molar-refractivity contribution is -0.138. The predicted molar refractivity (Wildman–Crippen MR) is 77.2 cm³/mol. The number of carbonyl (C=O) groups excluding carboxylic acids is 2. The molecule has 1 heterocycles. The summed E-state index contributed by atoms with van der Waals surface area (Å²) in [6.07, 6.45) is 0.939. The van der Waals surface area contributed by atoms with Crippen LogP contribution in [-0.4, -0.2) is 34.2 Å². The Morgan fingerprint density at radius 3 is 2.74 bits per heavy atom. The van der Waals surface area contributed by atoms with Crippen molar-refractivity contribution in [3.05, 3.63) is 30.3 Å². The maximum Gasteiger partial charge on any atom is 0.411 e. The Morgan fingerprint density at radius 1 is 1.32 bits per heavy atom. The van der Waals surface area contributed by atoms with Crippen molar-refractivity contribution in [2.45, 2.75) is 18.9 Å². The van der Waals surface area contributed by atoms with Crippen molar-refractivity contribution in [2.75, 3.05) is 11.2 Å². The van der Waals surface area contributed by atoms with E-state index in [1.165, 1.54) is 4.90 Å². The van der Waals surface area contributed by atoms with Crippen LogP contribution in [0.2, 0.25) is 0 Å². The van der Waals surface area contributed by atoms with Gasteiger partial charge in [0.15, 0.2) is 0 Å². The molecule has 1 saturated heterocycles. The molecule has 19 heavy (non-hydrogen) atoms. The van der Waals surface area contributed by atoms with Crippen molar-refractivity contribution < 1.29 is 19.1 Å². The van der Waals surface area contributed by atoms with Crippen LogP contribution in [0.4, 0.5) is 4.79 Å². The third-order valence-electron chi connectivity index (χ3n) is 2.90. The van der Waals surface area contributed by atoms with E-state index in [9.17, 15) is 9.59 Å². The molecule has 5 nitrogen and oxygen atoms in total. The van der Waals surface area contributed by atoms with E-state index in [1.54, 1.807) is 24.3 Å². The molecular weight excluding hydrogens is 361 g/mol. The fraction of sp³-hybridized carbons (Fsp3) is 0.385. The Morgan fingerprint density at radius 2 is 2.05 bits per heavy atom. The minimum Gasteiger partial charge on any atom is -0.439 e. The molecule has 0 saturated carbocycles. The summed E-state index contributed by atoms with van der Waals surface area (Å²) in [7, 11) is 0. The SMILES string of the molecule is O=C(Oc1ccccc1)C1CCCN1C(=O)OCI. The highest BCUT2D eigenvalue weighted by atomic mass is 127. The summed E-state index contributed by atoms with van der Waals surface area (Å²) in [6, 6.07) is 8.30. The third-order valence-corrected chi connectivity index (χ3v) is 3.21. The van der Waals surface area contributed by atoms with Gasteiger partial charge in [-0.15, -0.1) is 0 Å². The fourth-order valence-electron chi connectivity index (χ4n) is 2.03. The van der Waals surface area contributed by atoms with Crippen molar-refractivity contribution in [1.29, 1.82) is 0 Å². The molecule has 0 aromatic heterocycles. The molecule has 1 aromatic rings. The first-order valence-corrected chi connectivity index (χ1v) is 7.51. The summed E-state index contributed by atoms with van der Waals surface area (Å²) >= 11 is 1.95. The lowest BCUT2D eigenvalue weighted by Crippen LogP contribution is -2.42. The zero-order valence-electron chi connectivity index (χ0n) is 10.3. The predicted octanol–water partition coefficient (Wildman–Crippen LogP) is 2.59. The highest BCUT2D eigenvalue weighted by Gasteiger charge is 2.36. The first kappa shape index (κ1) is 14.1. The molecule has 0 aliphatic carbocycles. The van der Waals surface area contributed by atoms with Gasteiger partial charge in [-0.05, 0) is 47.6 Å². The van der Waals surface area contributed by atoms with E-state index in [0.29, 0.717) is 18.7 Å². The number of amides is 1. The smallest absolute Gasteiger partial charge is 0.411 e. The normalized spacial score (nSPS) is 18.2. The van der Waals surface area contributed by atoms with E-state index >= 15 is 0 Å². The Bertz CT molecular complexity index is 451. The Hall–Kier alpha value is -1.31. The number of esters is 1. The second-order valence-electron chi connectivity index (χ2n) is 4.10. The number of hydrogen-bond donors (Lipinski definition) is 0. The van der Waals surface area contributed by atoms with Gasteiger partial charge in [-0.3, -0.25) is 4.90 Å². The van der Waals surface area contributed by atoms with Crippen molar-refractivity contribution >= 4 is 34.7 Å². The second kappa shape index (κ2) is 6.74. The summed E-state index contributed by atoms with van der Waals surface area (Å²) < 4.78 is 10.5. The van der Waals surface area contributed by atoms with Gasteiger partial charge in [0.2, 0.25) is 0 Å². The molecule has 1 aliphatic rings. The summed E-state index contributed by atoms with van der Waals surface area (Å²) in [4.78, 5) is 25.2. The lowest BCUT2D eigenvalue weighted by atomic mass is 10.2. The maximum absolute atomic E-state index is 12.1. The topological polar surface area (TPSA) is 55.8 Å². The number of hydrogen-bond acceptors (Lipinski definition) is 4. The van der Waals surface area contributed by atoms with E-state index in [0.717, 1.165) is 6.42 Å². The van der Waals surface area contributed by atoms with Crippen molar-refractivity contribution in [3.63, 3.8) is 0 Å². The van der Waals surface area contributed by atoms with E-state index in [1.807, 2.05) is 28.7 Å². The molecule has 0 spiro atoms. The van der Waals surface area contributed by atoms with Gasteiger partial charge in [-0.1, -0.05) is 18.2 Å². The number of ether oxygens (including phenoxy) is 2. The Labute approximate surface area is 125 Å². The molecule has 0 radical (unpaired) electrons. The van der Waals surface area contributed by atoms with Crippen molar-refractivity contribution in [3.8, 4) is 5.75 Å². The molecule has 0 bridgehead atoms. The molecule has 1 amide bonds. The van der Waals surface area contributed by atoms with Gasteiger partial charge in [0.05, 0.1) is 0 Å². The van der Waals surface area contributed by atoms with Crippen molar-refractivity contribution in [1.82, 2.24) is 4.90 Å². The largest absolute Gasteiger partial charge is 0.439 e. The van der Waals surface area contributed by atoms with Crippen LogP contribution >= 0.6 is 22.6 Å². The zero-order chi connectivity index (χ0) is 13.7. The summed E-state index contributed by atoms with van der Waals surface area (Å²) in [6.45, 7) is 0.532. The number of para-hydroxylation sites is 1. The highest BCUT2D eigenvalue weighted by molar-refractivity contribution is 14.1. The minimum absolute atomic E-state index is 0.271. The molecule has 2 rings (SSSR count). The molecule has 6 heteroatoms. The summed E-state index contributed by atoms with van der Waals surface area (Å²) in [5.74, 6) is 0.0794. The fourth-order valence-corrected chi connectivity index (χ4v) is 2.30. The van der Waals surface area contributed by atoms with Crippen LogP contribution in [0, 0.1) is 0 Å². The van der Waals surface area contributed by atoms with Crippen LogP contribution in [0.1, 0.15) is 12.8 Å². The number of nitrogens with zero attached hydrogens (tertiary/aromatic N) is 1. The summed E-state index contributed by atoms with van der Waals surface area (Å²) in [5, 5.41) is 0. The average Bonchev–Trinajstić information content (AvgIpc) is 2.89. The number of likely N-dealkylation sites (tertiary alicyclic amines) is 1. The number of carbonyl (C=O) groups is 2. The van der Waals surface area contributed by atoms with Gasteiger partial charge in [-0.25, -0.2) is 9.59 Å². The first-order valence-electron chi connectivity index (χ1n) is 5.98. The lowest BCUT2D eigenvalue weighted by Gasteiger charge is -2.21. The Kier molecular flexibility index (Phi) is 5.00. The summed E-state index contributed by atoms with van der Waals surface area (Å²) in [5.41, 5.74) is 0.